The molecular weight excluding hydrogens is 312 g/mol. The minimum atomic E-state index is 0.0403. The van der Waals surface area contributed by atoms with Crippen molar-refractivity contribution < 1.29 is 4.52 Å². The molecule has 0 radical (unpaired) electrons. The molecule has 23 heavy (non-hydrogen) atoms. The first-order valence-electron chi connectivity index (χ1n) is 7.77. The van der Waals surface area contributed by atoms with Gasteiger partial charge in [-0.3, -0.25) is 0 Å². The zero-order valence-electron chi connectivity index (χ0n) is 12.8. The molecule has 4 heterocycles. The van der Waals surface area contributed by atoms with E-state index in [9.17, 15) is 0 Å². The average Bonchev–Trinajstić information content (AvgIpc) is 3.32. The van der Waals surface area contributed by atoms with Crippen LogP contribution in [-0.4, -0.2) is 31.4 Å². The summed E-state index contributed by atoms with van der Waals surface area (Å²) in [6.45, 7) is 3.93. The molecule has 1 N–H and O–H groups in total. The van der Waals surface area contributed by atoms with Crippen LogP contribution in [0.2, 0.25) is 0 Å². The third-order valence-corrected chi connectivity index (χ3v) is 5.06. The van der Waals surface area contributed by atoms with E-state index in [1.807, 2.05) is 23.8 Å². The number of thiophene rings is 1. The highest BCUT2D eigenvalue weighted by Gasteiger charge is 2.21. The minimum Gasteiger partial charge on any atom is -0.337 e. The number of aromatic nitrogens is 5. The molecule has 1 aliphatic heterocycles. The lowest BCUT2D eigenvalue weighted by atomic mass is 9.99. The summed E-state index contributed by atoms with van der Waals surface area (Å²) in [7, 11) is 0. The maximum Gasteiger partial charge on any atom is 0.243 e. The van der Waals surface area contributed by atoms with Crippen molar-refractivity contribution in [2.24, 2.45) is 5.92 Å². The van der Waals surface area contributed by atoms with Gasteiger partial charge in [0.2, 0.25) is 11.7 Å². The van der Waals surface area contributed by atoms with Gasteiger partial charge in [0.05, 0.1) is 10.9 Å². The molecule has 4 rings (SSSR count). The van der Waals surface area contributed by atoms with Gasteiger partial charge < -0.3 is 14.4 Å². The van der Waals surface area contributed by atoms with E-state index < -0.39 is 0 Å². The van der Waals surface area contributed by atoms with E-state index in [1.165, 1.54) is 0 Å². The van der Waals surface area contributed by atoms with Crippen LogP contribution < -0.4 is 5.32 Å². The van der Waals surface area contributed by atoms with Crippen LogP contribution in [0.15, 0.2) is 28.4 Å². The number of rotatable bonds is 5. The van der Waals surface area contributed by atoms with Gasteiger partial charge in [0.25, 0.3) is 0 Å². The van der Waals surface area contributed by atoms with Crippen LogP contribution in [0.3, 0.4) is 0 Å². The van der Waals surface area contributed by atoms with Crippen molar-refractivity contribution in [3.05, 3.63) is 35.6 Å². The van der Waals surface area contributed by atoms with E-state index in [0.29, 0.717) is 17.6 Å². The molecule has 7 nitrogen and oxygen atoms in total. The molecule has 0 amide bonds. The summed E-state index contributed by atoms with van der Waals surface area (Å²) in [5, 5.41) is 17.7. The van der Waals surface area contributed by atoms with Gasteiger partial charge in [-0.15, -0.1) is 21.5 Å². The lowest BCUT2D eigenvalue weighted by Crippen LogP contribution is -2.31. The standard InChI is InChI=1S/C15H18N6OS/c1-10(15-18-14(20-22-15)12-3-2-6-23-12)16-7-11-4-5-13-19-17-9-21(13)8-11/h2-3,6,9-11,16H,4-5,7-8H2,1H3/t10-,11-/m0/s1. The average molecular weight is 330 g/mol. The molecule has 0 saturated heterocycles. The monoisotopic (exact) mass is 330 g/mol. The Morgan fingerprint density at radius 1 is 1.52 bits per heavy atom. The zero-order chi connectivity index (χ0) is 15.6. The molecule has 0 unspecified atom stereocenters. The lowest BCUT2D eigenvalue weighted by Gasteiger charge is -2.24. The fourth-order valence-corrected chi connectivity index (χ4v) is 3.49. The van der Waals surface area contributed by atoms with Crippen molar-refractivity contribution in [3.63, 3.8) is 0 Å². The number of hydrogen-bond acceptors (Lipinski definition) is 7. The summed E-state index contributed by atoms with van der Waals surface area (Å²) in [5.41, 5.74) is 0. The van der Waals surface area contributed by atoms with Crippen molar-refractivity contribution in [3.8, 4) is 10.7 Å². The van der Waals surface area contributed by atoms with E-state index >= 15 is 0 Å². The van der Waals surface area contributed by atoms with Crippen LogP contribution in [-0.2, 0) is 13.0 Å². The molecule has 1 aliphatic rings. The third-order valence-electron chi connectivity index (χ3n) is 4.19. The van der Waals surface area contributed by atoms with Crippen LogP contribution in [0, 0.1) is 5.92 Å². The van der Waals surface area contributed by atoms with Gasteiger partial charge in [-0.25, -0.2) is 0 Å². The molecule has 0 aromatic carbocycles. The van der Waals surface area contributed by atoms with Gasteiger partial charge in [0.15, 0.2) is 0 Å². The maximum absolute atomic E-state index is 5.39. The van der Waals surface area contributed by atoms with E-state index in [4.69, 9.17) is 4.52 Å². The fourth-order valence-electron chi connectivity index (χ4n) is 2.84. The molecule has 0 bridgehead atoms. The highest BCUT2D eigenvalue weighted by Crippen LogP contribution is 2.23. The molecule has 2 atom stereocenters. The SMILES string of the molecule is C[C@H](NC[C@@H]1CCc2nncn2C1)c1nc(-c2cccs2)no1. The third kappa shape index (κ3) is 3.04. The highest BCUT2D eigenvalue weighted by molar-refractivity contribution is 7.13. The lowest BCUT2D eigenvalue weighted by molar-refractivity contribution is 0.302. The fraction of sp³-hybridized carbons (Fsp3) is 0.467. The number of hydrogen-bond donors (Lipinski definition) is 1. The van der Waals surface area contributed by atoms with E-state index in [0.717, 1.165) is 36.6 Å². The van der Waals surface area contributed by atoms with Gasteiger partial charge in [0.1, 0.15) is 12.2 Å². The Balaban J connectivity index is 1.35. The smallest absolute Gasteiger partial charge is 0.243 e. The molecule has 0 saturated carbocycles. The molecular formula is C15H18N6OS. The summed E-state index contributed by atoms with van der Waals surface area (Å²) in [4.78, 5) is 5.52. The first kappa shape index (κ1) is 14.5. The van der Waals surface area contributed by atoms with Crippen LogP contribution in [0.1, 0.15) is 31.1 Å². The van der Waals surface area contributed by atoms with E-state index in [-0.39, 0.29) is 6.04 Å². The first-order valence-corrected chi connectivity index (χ1v) is 8.65. The Bertz CT molecular complexity index is 765. The highest BCUT2D eigenvalue weighted by atomic mass is 32.1. The Morgan fingerprint density at radius 2 is 2.48 bits per heavy atom. The second-order valence-electron chi connectivity index (χ2n) is 5.87. The second-order valence-corrected chi connectivity index (χ2v) is 6.82. The molecule has 0 fully saturated rings. The largest absolute Gasteiger partial charge is 0.337 e. The van der Waals surface area contributed by atoms with Crippen LogP contribution in [0.25, 0.3) is 10.7 Å². The number of nitrogens with one attached hydrogen (secondary N) is 1. The van der Waals surface area contributed by atoms with E-state index in [2.05, 4.69) is 37.1 Å². The van der Waals surface area contributed by atoms with E-state index in [1.54, 1.807) is 11.3 Å². The second kappa shape index (κ2) is 6.21. The summed E-state index contributed by atoms with van der Waals surface area (Å²) < 4.78 is 7.53. The van der Waals surface area contributed by atoms with Crippen molar-refractivity contribution in [1.82, 2.24) is 30.2 Å². The quantitative estimate of drug-likeness (QED) is 0.773. The predicted molar refractivity (Wildman–Crippen MR) is 85.9 cm³/mol. The molecule has 3 aromatic heterocycles. The van der Waals surface area contributed by atoms with Gasteiger partial charge in [-0.1, -0.05) is 11.2 Å². The summed E-state index contributed by atoms with van der Waals surface area (Å²) in [6, 6.07) is 4.02. The van der Waals surface area contributed by atoms with Crippen LogP contribution in [0.4, 0.5) is 0 Å². The van der Waals surface area contributed by atoms with Gasteiger partial charge in [-0.05, 0) is 30.7 Å². The Kier molecular flexibility index (Phi) is 3.92. The number of aryl methyl sites for hydroxylation is 1. The van der Waals surface area contributed by atoms with Crippen molar-refractivity contribution in [2.45, 2.75) is 32.4 Å². The number of fused-ring (bicyclic) bond motifs is 1. The molecule has 120 valence electrons. The van der Waals surface area contributed by atoms with Crippen LogP contribution in [0.5, 0.6) is 0 Å². The minimum absolute atomic E-state index is 0.0403. The molecule has 3 aromatic rings. The van der Waals surface area contributed by atoms with Gasteiger partial charge in [0, 0.05) is 19.5 Å². The van der Waals surface area contributed by atoms with Crippen molar-refractivity contribution >= 4 is 11.3 Å². The molecule has 8 heteroatoms. The summed E-state index contributed by atoms with van der Waals surface area (Å²) in [5.74, 6) is 2.96. The van der Waals surface area contributed by atoms with Crippen molar-refractivity contribution in [1.29, 1.82) is 0 Å². The molecule has 0 spiro atoms. The number of nitrogens with zero attached hydrogens (tertiary/aromatic N) is 5. The zero-order valence-corrected chi connectivity index (χ0v) is 13.7. The predicted octanol–water partition coefficient (Wildman–Crippen LogP) is 2.30. The Labute approximate surface area is 137 Å². The van der Waals surface area contributed by atoms with Gasteiger partial charge in [-0.2, -0.15) is 4.98 Å². The Morgan fingerprint density at radius 3 is 3.35 bits per heavy atom. The molecule has 0 aliphatic carbocycles. The Hall–Kier alpha value is -2.06. The first-order chi connectivity index (χ1) is 11.3. The topological polar surface area (TPSA) is 81.7 Å². The van der Waals surface area contributed by atoms with Crippen LogP contribution >= 0.6 is 11.3 Å². The summed E-state index contributed by atoms with van der Waals surface area (Å²) in [6.07, 6.45) is 3.93. The van der Waals surface area contributed by atoms with Crippen molar-refractivity contribution in [2.75, 3.05) is 6.54 Å². The summed E-state index contributed by atoms with van der Waals surface area (Å²) >= 11 is 1.61. The van der Waals surface area contributed by atoms with Gasteiger partial charge >= 0.3 is 0 Å². The normalized spacial score (nSPS) is 18.7. The maximum atomic E-state index is 5.39.